The summed E-state index contributed by atoms with van der Waals surface area (Å²) in [5.74, 6) is -0.372. The molecule has 0 aliphatic carbocycles. The Kier molecular flexibility index (Phi) is 5.41. The van der Waals surface area contributed by atoms with Crippen molar-refractivity contribution in [1.82, 2.24) is 9.29 Å². The van der Waals surface area contributed by atoms with Gasteiger partial charge in [-0.2, -0.15) is 0 Å². The Morgan fingerprint density at radius 3 is 2.41 bits per heavy atom. The molecule has 0 aliphatic heterocycles. The molecule has 0 aliphatic rings. The smallest absolute Gasteiger partial charge is 0.255 e. The summed E-state index contributed by atoms with van der Waals surface area (Å²) in [4.78, 5) is 17.0. The van der Waals surface area contributed by atoms with E-state index in [2.05, 4.69) is 10.3 Å². The number of hydrogen-bond donors (Lipinski definition) is 1. The van der Waals surface area contributed by atoms with Gasteiger partial charge in [0.2, 0.25) is 10.0 Å². The van der Waals surface area contributed by atoms with Crippen LogP contribution in [-0.2, 0) is 10.0 Å². The number of anilines is 1. The van der Waals surface area contributed by atoms with Crippen molar-refractivity contribution in [2.24, 2.45) is 0 Å². The number of nitrogens with zero attached hydrogens (tertiary/aromatic N) is 2. The lowest BCUT2D eigenvalue weighted by molar-refractivity contribution is 0.102. The molecule has 0 atom stereocenters. The molecule has 27 heavy (non-hydrogen) atoms. The van der Waals surface area contributed by atoms with Crippen LogP contribution in [0.1, 0.15) is 15.4 Å². The number of aromatic nitrogens is 1. The van der Waals surface area contributed by atoms with Gasteiger partial charge in [-0.3, -0.25) is 4.79 Å². The van der Waals surface area contributed by atoms with Gasteiger partial charge in [0.25, 0.3) is 5.91 Å². The molecule has 1 heterocycles. The van der Waals surface area contributed by atoms with Crippen LogP contribution < -0.4 is 5.32 Å². The maximum Gasteiger partial charge on any atom is 0.255 e. The number of thiazole rings is 1. The van der Waals surface area contributed by atoms with Gasteiger partial charge in [0.15, 0.2) is 0 Å². The third-order valence-corrected chi connectivity index (χ3v) is 6.52. The zero-order valence-corrected chi connectivity index (χ0v) is 16.8. The molecule has 0 radical (unpaired) electrons. The lowest BCUT2D eigenvalue weighted by atomic mass is 10.1. The zero-order valence-electron chi connectivity index (χ0n) is 15.1. The van der Waals surface area contributed by atoms with E-state index in [1.165, 1.54) is 26.2 Å². The predicted molar refractivity (Wildman–Crippen MR) is 108 cm³/mol. The van der Waals surface area contributed by atoms with E-state index in [9.17, 15) is 13.2 Å². The monoisotopic (exact) mass is 401 g/mol. The Labute approximate surface area is 162 Å². The second kappa shape index (κ2) is 7.59. The molecule has 1 aromatic heterocycles. The van der Waals surface area contributed by atoms with Crippen molar-refractivity contribution in [2.45, 2.75) is 11.8 Å². The van der Waals surface area contributed by atoms with Crippen LogP contribution in [0.3, 0.4) is 0 Å². The summed E-state index contributed by atoms with van der Waals surface area (Å²) in [6, 6.07) is 13.3. The molecule has 0 spiro atoms. The van der Waals surface area contributed by atoms with E-state index < -0.39 is 10.0 Å². The number of nitrogens with one attached hydrogen (secondary N) is 1. The molecule has 0 unspecified atom stereocenters. The Balaban J connectivity index is 1.78. The quantitative estimate of drug-likeness (QED) is 0.708. The van der Waals surface area contributed by atoms with E-state index in [1.807, 2.05) is 24.4 Å². The molecule has 0 fully saturated rings. The number of sulfonamides is 1. The van der Waals surface area contributed by atoms with Gasteiger partial charge in [0.05, 0.1) is 15.6 Å². The average molecular weight is 402 g/mol. The van der Waals surface area contributed by atoms with Gasteiger partial charge in [-0.25, -0.2) is 17.7 Å². The number of rotatable bonds is 5. The first kappa shape index (κ1) is 19.2. The Morgan fingerprint density at radius 1 is 1.11 bits per heavy atom. The molecule has 2 aromatic carbocycles. The largest absolute Gasteiger partial charge is 0.322 e. The highest BCUT2D eigenvalue weighted by Gasteiger charge is 2.18. The van der Waals surface area contributed by atoms with Crippen molar-refractivity contribution in [3.63, 3.8) is 0 Å². The van der Waals surface area contributed by atoms with E-state index in [0.29, 0.717) is 5.69 Å². The average Bonchev–Trinajstić information content (AvgIpc) is 3.08. The zero-order chi connectivity index (χ0) is 19.6. The molecule has 0 saturated carbocycles. The summed E-state index contributed by atoms with van der Waals surface area (Å²) < 4.78 is 25.6. The van der Waals surface area contributed by atoms with Gasteiger partial charge in [-0.15, -0.1) is 11.3 Å². The van der Waals surface area contributed by atoms with Crippen molar-refractivity contribution in [1.29, 1.82) is 0 Å². The van der Waals surface area contributed by atoms with Crippen molar-refractivity contribution >= 4 is 33.0 Å². The van der Waals surface area contributed by atoms with Gasteiger partial charge < -0.3 is 5.32 Å². The molecular weight excluding hydrogens is 382 g/mol. The van der Waals surface area contributed by atoms with Crippen LogP contribution in [-0.4, -0.2) is 37.7 Å². The molecule has 0 saturated heterocycles. The van der Waals surface area contributed by atoms with Crippen LogP contribution >= 0.6 is 11.3 Å². The van der Waals surface area contributed by atoms with Crippen molar-refractivity contribution in [2.75, 3.05) is 19.4 Å². The summed E-state index contributed by atoms with van der Waals surface area (Å²) in [6.45, 7) is 1.95. The fourth-order valence-corrected chi connectivity index (χ4v) is 4.00. The van der Waals surface area contributed by atoms with E-state index in [4.69, 9.17) is 0 Å². The van der Waals surface area contributed by atoms with Crippen molar-refractivity contribution in [3.05, 3.63) is 64.5 Å². The summed E-state index contributed by atoms with van der Waals surface area (Å²) in [7, 11) is -0.689. The van der Waals surface area contributed by atoms with Gasteiger partial charge in [0.1, 0.15) is 0 Å². The number of aryl methyl sites for hydroxylation is 1. The van der Waals surface area contributed by atoms with Gasteiger partial charge in [-0.05, 0) is 37.3 Å². The lowest BCUT2D eigenvalue weighted by Gasteiger charge is -2.12. The highest BCUT2D eigenvalue weighted by Crippen LogP contribution is 2.23. The Hall–Kier alpha value is -2.55. The van der Waals surface area contributed by atoms with Crippen molar-refractivity contribution < 1.29 is 13.2 Å². The summed E-state index contributed by atoms with van der Waals surface area (Å²) in [6.07, 6.45) is 0. The van der Waals surface area contributed by atoms with Crippen molar-refractivity contribution in [3.8, 4) is 11.3 Å². The minimum atomic E-state index is -3.59. The molecule has 1 N–H and O–H groups in total. The molecule has 0 bridgehead atoms. The first-order valence-electron chi connectivity index (χ1n) is 8.14. The molecule has 3 rings (SSSR count). The fraction of sp³-hybridized carbons (Fsp3) is 0.158. The number of hydrogen-bond acceptors (Lipinski definition) is 5. The third-order valence-electron chi connectivity index (χ3n) is 3.93. The third kappa shape index (κ3) is 4.24. The van der Waals surface area contributed by atoms with Gasteiger partial charge in [0, 0.05) is 36.3 Å². The Bertz CT molecular complexity index is 1070. The molecule has 140 valence electrons. The van der Waals surface area contributed by atoms with E-state index in [1.54, 1.807) is 35.6 Å². The summed E-state index contributed by atoms with van der Waals surface area (Å²) >= 11 is 1.58. The van der Waals surface area contributed by atoms with Crippen LogP contribution in [0.4, 0.5) is 5.69 Å². The maximum atomic E-state index is 12.5. The molecule has 6 nitrogen and oxygen atoms in total. The molecule has 1 amide bonds. The second-order valence-electron chi connectivity index (χ2n) is 6.10. The van der Waals surface area contributed by atoms with Crippen LogP contribution in [0.5, 0.6) is 0 Å². The normalized spacial score (nSPS) is 11.6. The number of benzene rings is 2. The first-order chi connectivity index (χ1) is 12.8. The summed E-state index contributed by atoms with van der Waals surface area (Å²) in [5, 5.41) is 5.77. The highest BCUT2D eigenvalue weighted by molar-refractivity contribution is 7.89. The standard InChI is InChI=1S/C19H19N3O3S2/c1-13-20-18(12-26-13)14-7-9-16(10-8-14)21-19(23)15-5-4-6-17(11-15)27(24,25)22(2)3/h4-12H,1-3H3,(H,21,23). The van der Waals surface area contributed by atoms with E-state index >= 15 is 0 Å². The molecule has 8 heteroatoms. The SMILES string of the molecule is Cc1nc(-c2ccc(NC(=O)c3cccc(S(=O)(=O)N(C)C)c3)cc2)cs1. The Morgan fingerprint density at radius 2 is 1.81 bits per heavy atom. The number of carbonyl (C=O) groups is 1. The lowest BCUT2D eigenvalue weighted by Crippen LogP contribution is -2.22. The molecular formula is C19H19N3O3S2. The van der Waals surface area contributed by atoms with E-state index in [0.717, 1.165) is 20.6 Å². The predicted octanol–water partition coefficient (Wildman–Crippen LogP) is 3.62. The maximum absolute atomic E-state index is 12.5. The topological polar surface area (TPSA) is 79.4 Å². The summed E-state index contributed by atoms with van der Waals surface area (Å²) in [5.41, 5.74) is 2.77. The minimum Gasteiger partial charge on any atom is -0.322 e. The van der Waals surface area contributed by atoms with Crippen LogP contribution in [0, 0.1) is 6.92 Å². The second-order valence-corrected chi connectivity index (χ2v) is 9.31. The van der Waals surface area contributed by atoms with Crippen LogP contribution in [0.25, 0.3) is 11.3 Å². The van der Waals surface area contributed by atoms with Crippen LogP contribution in [0.15, 0.2) is 58.8 Å². The fourth-order valence-electron chi connectivity index (χ4n) is 2.43. The number of amides is 1. The number of carbonyl (C=O) groups excluding carboxylic acids is 1. The van der Waals surface area contributed by atoms with Gasteiger partial charge >= 0.3 is 0 Å². The van der Waals surface area contributed by atoms with Crippen LogP contribution in [0.2, 0.25) is 0 Å². The minimum absolute atomic E-state index is 0.0781. The van der Waals surface area contributed by atoms with E-state index in [-0.39, 0.29) is 16.4 Å². The van der Waals surface area contributed by atoms with Gasteiger partial charge in [-0.1, -0.05) is 18.2 Å². The first-order valence-corrected chi connectivity index (χ1v) is 10.5. The highest BCUT2D eigenvalue weighted by atomic mass is 32.2. The molecule has 3 aromatic rings.